The minimum atomic E-state index is -4.22. The van der Waals surface area contributed by atoms with Crippen LogP contribution in [0.25, 0.3) is 0 Å². The van der Waals surface area contributed by atoms with E-state index in [-0.39, 0.29) is 19.0 Å². The van der Waals surface area contributed by atoms with Gasteiger partial charge in [0.1, 0.15) is 0 Å². The Morgan fingerprint density at radius 3 is 2.45 bits per heavy atom. The maximum Gasteiger partial charge on any atom is 0.401 e. The number of benzene rings is 1. The molecule has 0 saturated heterocycles. The molecule has 1 N–H and O–H groups in total. The summed E-state index contributed by atoms with van der Waals surface area (Å²) in [5.41, 5.74) is 0.704. The van der Waals surface area contributed by atoms with E-state index in [1.165, 1.54) is 4.90 Å². The molecule has 0 bridgehead atoms. The van der Waals surface area contributed by atoms with Gasteiger partial charge in [-0.3, -0.25) is 4.90 Å². The summed E-state index contributed by atoms with van der Waals surface area (Å²) in [6.07, 6.45) is -4.71. The van der Waals surface area contributed by atoms with Crippen molar-refractivity contribution in [2.75, 3.05) is 13.1 Å². The van der Waals surface area contributed by atoms with Crippen molar-refractivity contribution < 1.29 is 18.3 Å². The van der Waals surface area contributed by atoms with Crippen LogP contribution in [0.5, 0.6) is 0 Å². The van der Waals surface area contributed by atoms with Crippen LogP contribution in [0.1, 0.15) is 31.9 Å². The summed E-state index contributed by atoms with van der Waals surface area (Å²) < 4.78 is 38.2. The number of halogens is 4. The van der Waals surface area contributed by atoms with Crippen LogP contribution in [0, 0.1) is 0 Å². The summed E-state index contributed by atoms with van der Waals surface area (Å²) in [5.74, 6) is 0. The maximum atomic E-state index is 12.5. The van der Waals surface area contributed by atoms with E-state index in [1.54, 1.807) is 32.0 Å². The molecule has 1 aromatic carbocycles. The van der Waals surface area contributed by atoms with E-state index in [0.29, 0.717) is 5.56 Å². The highest BCUT2D eigenvalue weighted by molar-refractivity contribution is 9.10. The molecule has 1 aromatic rings. The van der Waals surface area contributed by atoms with Crippen molar-refractivity contribution in [1.82, 2.24) is 4.90 Å². The molecule has 2 nitrogen and oxygen atoms in total. The normalized spacial score (nSPS) is 14.1. The Bertz CT molecular complexity index is 423. The Morgan fingerprint density at radius 1 is 1.30 bits per heavy atom. The van der Waals surface area contributed by atoms with E-state index in [1.807, 2.05) is 6.07 Å². The lowest BCUT2D eigenvalue weighted by atomic mass is 10.1. The molecule has 0 aliphatic heterocycles. The van der Waals surface area contributed by atoms with Gasteiger partial charge in [-0.05, 0) is 38.0 Å². The summed E-state index contributed by atoms with van der Waals surface area (Å²) in [6, 6.07) is 6.94. The van der Waals surface area contributed by atoms with Gasteiger partial charge in [-0.2, -0.15) is 13.2 Å². The number of alkyl halides is 3. The van der Waals surface area contributed by atoms with Gasteiger partial charge in [0.2, 0.25) is 0 Å². The minimum Gasteiger partial charge on any atom is -0.388 e. The number of rotatable bonds is 6. The molecule has 1 unspecified atom stereocenters. The van der Waals surface area contributed by atoms with Gasteiger partial charge in [-0.1, -0.05) is 28.1 Å². The van der Waals surface area contributed by atoms with Crippen molar-refractivity contribution >= 4 is 15.9 Å². The first-order valence-corrected chi connectivity index (χ1v) is 7.22. The van der Waals surface area contributed by atoms with Gasteiger partial charge in [0, 0.05) is 17.1 Å². The molecule has 0 radical (unpaired) electrons. The third-order valence-corrected chi connectivity index (χ3v) is 3.53. The lowest BCUT2D eigenvalue weighted by Crippen LogP contribution is -2.40. The van der Waals surface area contributed by atoms with Gasteiger partial charge in [-0.15, -0.1) is 0 Å². The van der Waals surface area contributed by atoms with Gasteiger partial charge in [-0.25, -0.2) is 0 Å². The molecule has 114 valence electrons. The second kappa shape index (κ2) is 7.43. The molecule has 0 heterocycles. The van der Waals surface area contributed by atoms with Gasteiger partial charge in [0.15, 0.2) is 0 Å². The fourth-order valence-corrected chi connectivity index (χ4v) is 2.34. The number of hydrogen-bond donors (Lipinski definition) is 1. The fraction of sp³-hybridized carbons (Fsp3) is 0.571. The van der Waals surface area contributed by atoms with Gasteiger partial charge in [0.25, 0.3) is 0 Å². The molecule has 0 fully saturated rings. The van der Waals surface area contributed by atoms with E-state index < -0.39 is 18.8 Å². The van der Waals surface area contributed by atoms with Gasteiger partial charge >= 0.3 is 6.18 Å². The van der Waals surface area contributed by atoms with Crippen molar-refractivity contribution in [2.45, 2.75) is 38.6 Å². The molecule has 0 aliphatic carbocycles. The molecule has 1 rings (SSSR count). The Hall–Kier alpha value is -0.590. The number of nitrogens with zero attached hydrogens (tertiary/aromatic N) is 1. The standard InChI is InChI=1S/C14H19BrF3NO/c1-10(2)19(9-14(16,17)18)7-6-13(20)11-4-3-5-12(15)8-11/h3-5,8,10,13,20H,6-7,9H2,1-2H3. The molecule has 20 heavy (non-hydrogen) atoms. The summed E-state index contributed by atoms with van der Waals surface area (Å²) in [6.45, 7) is 2.69. The van der Waals surface area contributed by atoms with E-state index in [9.17, 15) is 18.3 Å². The molecule has 0 spiro atoms. The summed E-state index contributed by atoms with van der Waals surface area (Å²) in [7, 11) is 0. The number of hydrogen-bond acceptors (Lipinski definition) is 2. The second-order valence-electron chi connectivity index (χ2n) is 5.04. The van der Waals surface area contributed by atoms with Gasteiger partial charge < -0.3 is 5.11 Å². The molecule has 6 heteroatoms. The van der Waals surface area contributed by atoms with Crippen LogP contribution >= 0.6 is 15.9 Å². The van der Waals surface area contributed by atoms with E-state index in [2.05, 4.69) is 15.9 Å². The monoisotopic (exact) mass is 353 g/mol. The zero-order valence-electron chi connectivity index (χ0n) is 11.5. The number of aliphatic hydroxyl groups excluding tert-OH is 1. The van der Waals surface area contributed by atoms with E-state index in [0.717, 1.165) is 4.47 Å². The average molecular weight is 354 g/mol. The quantitative estimate of drug-likeness (QED) is 0.830. The van der Waals surface area contributed by atoms with Crippen molar-refractivity contribution in [2.24, 2.45) is 0 Å². The summed E-state index contributed by atoms with van der Waals surface area (Å²) >= 11 is 3.30. The van der Waals surface area contributed by atoms with Crippen molar-refractivity contribution in [1.29, 1.82) is 0 Å². The molecule has 0 amide bonds. The second-order valence-corrected chi connectivity index (χ2v) is 5.95. The predicted octanol–water partition coefficient (Wildman–Crippen LogP) is 4.15. The molecular weight excluding hydrogens is 335 g/mol. The van der Waals surface area contributed by atoms with Crippen LogP contribution in [0.4, 0.5) is 13.2 Å². The summed E-state index contributed by atoms with van der Waals surface area (Å²) in [5, 5.41) is 10.0. The zero-order chi connectivity index (χ0) is 15.3. The lowest BCUT2D eigenvalue weighted by Gasteiger charge is -2.28. The molecule has 0 aromatic heterocycles. The van der Waals surface area contributed by atoms with Crippen molar-refractivity contribution in [3.63, 3.8) is 0 Å². The molecule has 1 atom stereocenters. The summed E-state index contributed by atoms with van der Waals surface area (Å²) in [4.78, 5) is 1.32. The third-order valence-electron chi connectivity index (χ3n) is 3.04. The van der Waals surface area contributed by atoms with Crippen LogP contribution in [-0.2, 0) is 0 Å². The van der Waals surface area contributed by atoms with Gasteiger partial charge in [0.05, 0.1) is 12.6 Å². The highest BCUT2D eigenvalue weighted by atomic mass is 79.9. The fourth-order valence-electron chi connectivity index (χ4n) is 1.92. The first-order chi connectivity index (χ1) is 9.19. The average Bonchev–Trinajstić information content (AvgIpc) is 2.32. The van der Waals surface area contributed by atoms with Crippen molar-refractivity contribution in [3.8, 4) is 0 Å². The first kappa shape index (κ1) is 17.5. The third kappa shape index (κ3) is 6.24. The first-order valence-electron chi connectivity index (χ1n) is 6.43. The Labute approximate surface area is 125 Å². The zero-order valence-corrected chi connectivity index (χ0v) is 13.1. The Kier molecular flexibility index (Phi) is 6.48. The predicted molar refractivity (Wildman–Crippen MR) is 76.5 cm³/mol. The Morgan fingerprint density at radius 2 is 1.95 bits per heavy atom. The van der Waals surface area contributed by atoms with Crippen molar-refractivity contribution in [3.05, 3.63) is 34.3 Å². The minimum absolute atomic E-state index is 0.199. The van der Waals surface area contributed by atoms with E-state index >= 15 is 0 Å². The van der Waals surface area contributed by atoms with Crippen LogP contribution in [0.15, 0.2) is 28.7 Å². The van der Waals surface area contributed by atoms with E-state index in [4.69, 9.17) is 0 Å². The van der Waals surface area contributed by atoms with Crippen LogP contribution in [-0.4, -0.2) is 35.3 Å². The topological polar surface area (TPSA) is 23.5 Å². The molecule has 0 aliphatic rings. The van der Waals surface area contributed by atoms with Crippen LogP contribution < -0.4 is 0 Å². The van der Waals surface area contributed by atoms with Crippen LogP contribution in [0.3, 0.4) is 0 Å². The SMILES string of the molecule is CC(C)N(CCC(O)c1cccc(Br)c1)CC(F)(F)F. The highest BCUT2D eigenvalue weighted by Gasteiger charge is 2.31. The lowest BCUT2D eigenvalue weighted by molar-refractivity contribution is -0.150. The highest BCUT2D eigenvalue weighted by Crippen LogP contribution is 2.23. The largest absolute Gasteiger partial charge is 0.401 e. The number of aliphatic hydroxyl groups is 1. The molecule has 0 saturated carbocycles. The smallest absolute Gasteiger partial charge is 0.388 e. The van der Waals surface area contributed by atoms with Crippen LogP contribution in [0.2, 0.25) is 0 Å². The molecular formula is C14H19BrF3NO. The Balaban J connectivity index is 2.59. The maximum absolute atomic E-state index is 12.5.